The van der Waals surface area contributed by atoms with Crippen molar-refractivity contribution in [1.82, 2.24) is 10.3 Å². The van der Waals surface area contributed by atoms with Crippen LogP contribution in [0.15, 0.2) is 23.7 Å². The van der Waals surface area contributed by atoms with Gasteiger partial charge in [0.2, 0.25) is 0 Å². The summed E-state index contributed by atoms with van der Waals surface area (Å²) in [5.41, 5.74) is 2.54. The third-order valence-electron chi connectivity index (χ3n) is 4.87. The molecule has 2 saturated heterocycles. The Morgan fingerprint density at radius 3 is 3.32 bits per heavy atom. The summed E-state index contributed by atoms with van der Waals surface area (Å²) in [6, 6.07) is 5.27. The van der Waals surface area contributed by atoms with Crippen LogP contribution in [0.2, 0.25) is 0 Å². The number of hydrogen-bond acceptors (Lipinski definition) is 5. The summed E-state index contributed by atoms with van der Waals surface area (Å²) in [5.74, 6) is 2.42. The number of pyridine rings is 1. The van der Waals surface area contributed by atoms with Crippen LogP contribution in [0, 0.1) is 0 Å². The van der Waals surface area contributed by atoms with Gasteiger partial charge in [0.25, 0.3) is 0 Å². The Bertz CT molecular complexity index is 651. The monoisotopic (exact) mass is 334 g/mol. The van der Waals surface area contributed by atoms with Crippen molar-refractivity contribution < 1.29 is 4.74 Å². The van der Waals surface area contributed by atoms with Gasteiger partial charge in [0, 0.05) is 30.6 Å². The molecule has 3 nitrogen and oxygen atoms in total. The number of thioether (sulfide) groups is 1. The summed E-state index contributed by atoms with van der Waals surface area (Å²) in [4.78, 5) is 4.57. The molecular weight excluding hydrogens is 312 g/mol. The third-order valence-corrected chi connectivity index (χ3v) is 6.95. The van der Waals surface area contributed by atoms with Gasteiger partial charge in [0.05, 0.1) is 15.8 Å². The van der Waals surface area contributed by atoms with Crippen LogP contribution in [0.1, 0.15) is 37.8 Å². The lowest BCUT2D eigenvalue weighted by molar-refractivity contribution is -0.0711. The first-order chi connectivity index (χ1) is 10.7. The van der Waals surface area contributed by atoms with E-state index in [4.69, 9.17) is 4.74 Å². The van der Waals surface area contributed by atoms with Crippen LogP contribution in [0.25, 0.3) is 10.2 Å². The first-order valence-corrected chi connectivity index (χ1v) is 10.1. The summed E-state index contributed by atoms with van der Waals surface area (Å²) >= 11 is 3.80. The maximum atomic E-state index is 6.12. The highest BCUT2D eigenvalue weighted by Gasteiger charge is 2.40. The maximum absolute atomic E-state index is 6.12. The number of aromatic nitrogens is 1. The second kappa shape index (κ2) is 6.11. The molecule has 22 heavy (non-hydrogen) atoms. The molecule has 0 saturated carbocycles. The molecule has 2 aliphatic heterocycles. The molecule has 0 bridgehead atoms. The van der Waals surface area contributed by atoms with E-state index < -0.39 is 0 Å². The number of thiophene rings is 1. The van der Waals surface area contributed by atoms with E-state index in [0.29, 0.717) is 12.1 Å². The summed E-state index contributed by atoms with van der Waals surface area (Å²) in [6.07, 6.45) is 5.50. The second-order valence-electron chi connectivity index (χ2n) is 6.48. The van der Waals surface area contributed by atoms with Crippen molar-refractivity contribution in [2.45, 2.75) is 43.9 Å². The van der Waals surface area contributed by atoms with Gasteiger partial charge in [-0.25, -0.2) is 0 Å². The van der Waals surface area contributed by atoms with E-state index in [1.54, 1.807) is 11.3 Å². The van der Waals surface area contributed by atoms with E-state index >= 15 is 0 Å². The van der Waals surface area contributed by atoms with Crippen LogP contribution in [0.4, 0.5) is 0 Å². The quantitative estimate of drug-likeness (QED) is 0.920. The number of rotatable bonds is 3. The minimum atomic E-state index is 0.149. The molecule has 2 fully saturated rings. The van der Waals surface area contributed by atoms with E-state index in [9.17, 15) is 0 Å². The zero-order chi connectivity index (χ0) is 15.0. The van der Waals surface area contributed by atoms with Gasteiger partial charge in [0.1, 0.15) is 0 Å². The average molecular weight is 335 g/mol. The molecule has 0 radical (unpaired) electrons. The largest absolute Gasteiger partial charge is 0.374 e. The SMILES string of the molecule is C[C@H](N[C@@H]1CCO[C@@]2(CCSC2)C1)c1cnc2ccsc2c1. The summed E-state index contributed by atoms with van der Waals surface area (Å²) in [5, 5.41) is 5.93. The zero-order valence-corrected chi connectivity index (χ0v) is 14.5. The minimum absolute atomic E-state index is 0.149. The van der Waals surface area contributed by atoms with Gasteiger partial charge < -0.3 is 10.1 Å². The Hall–Kier alpha value is -0.620. The Balaban J connectivity index is 1.45. The van der Waals surface area contributed by atoms with Gasteiger partial charge in [-0.1, -0.05) is 0 Å². The van der Waals surface area contributed by atoms with E-state index in [1.165, 1.54) is 28.2 Å². The molecule has 1 N–H and O–H groups in total. The van der Waals surface area contributed by atoms with Crippen molar-refractivity contribution in [1.29, 1.82) is 0 Å². The van der Waals surface area contributed by atoms with Gasteiger partial charge in [-0.3, -0.25) is 4.98 Å². The Labute approximate surface area is 139 Å². The minimum Gasteiger partial charge on any atom is -0.374 e. The van der Waals surface area contributed by atoms with Crippen LogP contribution in [-0.2, 0) is 4.74 Å². The van der Waals surface area contributed by atoms with Gasteiger partial charge in [-0.2, -0.15) is 11.8 Å². The second-order valence-corrected chi connectivity index (χ2v) is 8.54. The van der Waals surface area contributed by atoms with Crippen molar-refractivity contribution >= 4 is 33.3 Å². The molecule has 1 spiro atoms. The van der Waals surface area contributed by atoms with Crippen molar-refractivity contribution in [3.8, 4) is 0 Å². The predicted octanol–water partition coefficient (Wildman–Crippen LogP) is 4.00. The van der Waals surface area contributed by atoms with E-state index in [2.05, 4.69) is 34.7 Å². The molecule has 5 heteroatoms. The first-order valence-electron chi connectivity index (χ1n) is 8.05. The lowest BCUT2D eigenvalue weighted by atomic mass is 9.89. The summed E-state index contributed by atoms with van der Waals surface area (Å²) < 4.78 is 7.40. The normalized spacial score (nSPS) is 30.1. The van der Waals surface area contributed by atoms with Crippen LogP contribution < -0.4 is 5.32 Å². The molecule has 0 unspecified atom stereocenters. The molecule has 4 rings (SSSR count). The number of nitrogens with zero attached hydrogens (tertiary/aromatic N) is 1. The molecule has 0 aliphatic carbocycles. The molecule has 2 aliphatic rings. The predicted molar refractivity (Wildman–Crippen MR) is 94.8 cm³/mol. The highest BCUT2D eigenvalue weighted by Crippen LogP contribution is 2.38. The van der Waals surface area contributed by atoms with Gasteiger partial charge in [-0.05, 0) is 55.0 Å². The fourth-order valence-electron chi connectivity index (χ4n) is 3.58. The standard InChI is InChI=1S/C17H22N2OS2/c1-12(13-8-16-15(18-10-13)3-6-22-16)19-14-2-5-20-17(9-14)4-7-21-11-17/h3,6,8,10,12,14,19H,2,4-5,7,9,11H2,1H3/t12-,14+,17-/m0/s1. The topological polar surface area (TPSA) is 34.1 Å². The molecule has 2 aromatic rings. The van der Waals surface area contributed by atoms with Gasteiger partial charge in [0.15, 0.2) is 0 Å². The number of nitrogens with one attached hydrogen (secondary N) is 1. The molecular formula is C17H22N2OS2. The third kappa shape index (κ3) is 2.92. The average Bonchev–Trinajstić information content (AvgIpc) is 3.16. The fraction of sp³-hybridized carbons (Fsp3) is 0.588. The molecule has 118 valence electrons. The Morgan fingerprint density at radius 2 is 2.45 bits per heavy atom. The number of fused-ring (bicyclic) bond motifs is 1. The first kappa shape index (κ1) is 14.9. The van der Waals surface area contributed by atoms with Crippen LogP contribution in [0.5, 0.6) is 0 Å². The van der Waals surface area contributed by atoms with Crippen LogP contribution in [-0.4, -0.2) is 34.7 Å². The van der Waals surface area contributed by atoms with Gasteiger partial charge in [-0.15, -0.1) is 11.3 Å². The lowest BCUT2D eigenvalue weighted by Gasteiger charge is -2.39. The van der Waals surface area contributed by atoms with Crippen molar-refractivity contribution in [3.05, 3.63) is 29.3 Å². The summed E-state index contributed by atoms with van der Waals surface area (Å²) in [6.45, 7) is 3.15. The van der Waals surface area contributed by atoms with E-state index in [1.807, 2.05) is 18.0 Å². The fourth-order valence-corrected chi connectivity index (χ4v) is 5.75. The Morgan fingerprint density at radius 1 is 1.50 bits per heavy atom. The van der Waals surface area contributed by atoms with Crippen molar-refractivity contribution in [2.75, 3.05) is 18.1 Å². The Kier molecular flexibility index (Phi) is 4.15. The van der Waals surface area contributed by atoms with Crippen LogP contribution in [0.3, 0.4) is 0 Å². The van der Waals surface area contributed by atoms with Crippen molar-refractivity contribution in [2.24, 2.45) is 0 Å². The van der Waals surface area contributed by atoms with E-state index in [-0.39, 0.29) is 5.60 Å². The highest BCUT2D eigenvalue weighted by molar-refractivity contribution is 7.99. The smallest absolute Gasteiger partial charge is 0.0809 e. The molecule has 3 atom stereocenters. The zero-order valence-electron chi connectivity index (χ0n) is 12.9. The highest BCUT2D eigenvalue weighted by atomic mass is 32.2. The molecule has 0 amide bonds. The van der Waals surface area contributed by atoms with Crippen LogP contribution >= 0.6 is 23.1 Å². The molecule has 0 aromatic carbocycles. The van der Waals surface area contributed by atoms with Gasteiger partial charge >= 0.3 is 0 Å². The number of hydrogen-bond donors (Lipinski definition) is 1. The number of ether oxygens (including phenoxy) is 1. The van der Waals surface area contributed by atoms with E-state index in [0.717, 1.165) is 25.0 Å². The lowest BCUT2D eigenvalue weighted by Crippen LogP contribution is -2.47. The summed E-state index contributed by atoms with van der Waals surface area (Å²) in [7, 11) is 0. The van der Waals surface area contributed by atoms with Crippen molar-refractivity contribution in [3.63, 3.8) is 0 Å². The molecule has 4 heterocycles. The maximum Gasteiger partial charge on any atom is 0.0809 e. The molecule has 2 aromatic heterocycles.